The maximum Gasteiger partial charge on any atom is 0.273 e. The van der Waals surface area contributed by atoms with Gasteiger partial charge in [0.2, 0.25) is 5.95 Å². The number of amides is 1. The third-order valence-electron chi connectivity index (χ3n) is 4.56. The Morgan fingerprint density at radius 2 is 2.11 bits per heavy atom. The van der Waals surface area contributed by atoms with Crippen molar-refractivity contribution in [3.8, 4) is 10.6 Å². The van der Waals surface area contributed by atoms with Gasteiger partial charge in [0.15, 0.2) is 11.5 Å². The van der Waals surface area contributed by atoms with Crippen molar-refractivity contribution in [2.45, 2.75) is 26.3 Å². The van der Waals surface area contributed by atoms with Crippen LogP contribution in [0.25, 0.3) is 10.6 Å². The van der Waals surface area contributed by atoms with Gasteiger partial charge in [-0.2, -0.15) is 0 Å². The van der Waals surface area contributed by atoms with Crippen molar-refractivity contribution in [1.29, 1.82) is 0 Å². The Kier molecular flexibility index (Phi) is 4.99. The lowest BCUT2D eigenvalue weighted by Crippen LogP contribution is -2.38. The molecule has 3 aromatic heterocycles. The topological polar surface area (TPSA) is 83.9 Å². The van der Waals surface area contributed by atoms with Gasteiger partial charge in [-0.05, 0) is 38.5 Å². The molecule has 144 valence electrons. The van der Waals surface area contributed by atoms with E-state index in [-0.39, 0.29) is 11.7 Å². The van der Waals surface area contributed by atoms with Gasteiger partial charge in [-0.15, -0.1) is 11.3 Å². The molecule has 1 saturated heterocycles. The van der Waals surface area contributed by atoms with Crippen LogP contribution in [0.15, 0.2) is 30.6 Å². The fourth-order valence-corrected chi connectivity index (χ4v) is 4.15. The number of aryl methyl sites for hydroxylation is 2. The lowest BCUT2D eigenvalue weighted by atomic mass is 10.2. The number of thiazole rings is 1. The molecule has 3 aromatic rings. The van der Waals surface area contributed by atoms with Crippen molar-refractivity contribution < 1.29 is 9.18 Å². The third kappa shape index (κ3) is 3.70. The van der Waals surface area contributed by atoms with Crippen LogP contribution < -0.4 is 10.2 Å². The van der Waals surface area contributed by atoms with E-state index in [0.29, 0.717) is 19.0 Å². The average molecular weight is 398 g/mol. The lowest BCUT2D eigenvalue weighted by Gasteiger charge is -2.17. The molecule has 0 aromatic carbocycles. The number of rotatable bonds is 4. The molecule has 0 aliphatic carbocycles. The van der Waals surface area contributed by atoms with Gasteiger partial charge in [-0.25, -0.2) is 24.3 Å². The van der Waals surface area contributed by atoms with E-state index in [1.807, 2.05) is 24.8 Å². The molecule has 0 radical (unpaired) electrons. The molecule has 1 amide bonds. The van der Waals surface area contributed by atoms with Gasteiger partial charge in [0.25, 0.3) is 5.91 Å². The van der Waals surface area contributed by atoms with Gasteiger partial charge in [0, 0.05) is 31.5 Å². The van der Waals surface area contributed by atoms with E-state index < -0.39 is 11.7 Å². The number of carbonyl (C=O) groups is 1. The largest absolute Gasteiger partial charge is 0.346 e. The number of pyridine rings is 1. The van der Waals surface area contributed by atoms with Crippen LogP contribution in [0.2, 0.25) is 0 Å². The van der Waals surface area contributed by atoms with Crippen molar-refractivity contribution in [2.24, 2.45) is 0 Å². The molecule has 1 atom stereocenters. The molecule has 1 fully saturated rings. The monoisotopic (exact) mass is 398 g/mol. The minimum absolute atomic E-state index is 0.117. The van der Waals surface area contributed by atoms with E-state index in [1.165, 1.54) is 18.3 Å². The number of hydrogen-bond acceptors (Lipinski definition) is 7. The Balaban J connectivity index is 1.46. The molecule has 1 aliphatic heterocycles. The summed E-state index contributed by atoms with van der Waals surface area (Å²) in [5, 5.41) is 3.85. The highest BCUT2D eigenvalue weighted by Gasteiger charge is 2.27. The van der Waals surface area contributed by atoms with Gasteiger partial charge in [0.05, 0.1) is 21.3 Å². The smallest absolute Gasteiger partial charge is 0.273 e. The van der Waals surface area contributed by atoms with Crippen LogP contribution in [-0.4, -0.2) is 45.0 Å². The van der Waals surface area contributed by atoms with E-state index in [0.717, 1.165) is 27.7 Å². The van der Waals surface area contributed by atoms with E-state index >= 15 is 0 Å². The van der Waals surface area contributed by atoms with Gasteiger partial charge in [-0.1, -0.05) is 0 Å². The van der Waals surface area contributed by atoms with Crippen LogP contribution in [0.1, 0.15) is 27.6 Å². The molecule has 1 aliphatic rings. The average Bonchev–Trinajstić information content (AvgIpc) is 3.28. The summed E-state index contributed by atoms with van der Waals surface area (Å²) >= 11 is 1.61. The summed E-state index contributed by atoms with van der Waals surface area (Å²) in [6, 6.07) is 4.45. The number of anilines is 1. The molecule has 7 nitrogen and oxygen atoms in total. The van der Waals surface area contributed by atoms with Crippen molar-refractivity contribution in [2.75, 3.05) is 18.0 Å². The van der Waals surface area contributed by atoms with Crippen molar-refractivity contribution in [3.05, 3.63) is 52.8 Å². The van der Waals surface area contributed by atoms with E-state index in [2.05, 4.69) is 25.3 Å². The van der Waals surface area contributed by atoms with Crippen molar-refractivity contribution in [3.63, 3.8) is 0 Å². The fourth-order valence-electron chi connectivity index (χ4n) is 3.26. The zero-order chi connectivity index (χ0) is 19.7. The zero-order valence-electron chi connectivity index (χ0n) is 15.5. The SMILES string of the molecule is Cc1nc(C)c(-c2ccnc(N3CCC(NC(=O)c4ncccc4F)C3)n2)s1. The van der Waals surface area contributed by atoms with Crippen LogP contribution >= 0.6 is 11.3 Å². The summed E-state index contributed by atoms with van der Waals surface area (Å²) in [7, 11) is 0. The number of halogens is 1. The second-order valence-electron chi connectivity index (χ2n) is 6.63. The maximum atomic E-state index is 13.7. The predicted octanol–water partition coefficient (Wildman–Crippen LogP) is 2.76. The highest BCUT2D eigenvalue weighted by atomic mass is 32.1. The molecule has 4 heterocycles. The third-order valence-corrected chi connectivity index (χ3v) is 5.65. The second kappa shape index (κ2) is 7.59. The normalized spacial score (nSPS) is 16.4. The molecule has 28 heavy (non-hydrogen) atoms. The molecule has 1 unspecified atom stereocenters. The molecule has 4 rings (SSSR count). The van der Waals surface area contributed by atoms with Crippen LogP contribution in [0.3, 0.4) is 0 Å². The first-order valence-corrected chi connectivity index (χ1v) is 9.76. The number of nitrogens with one attached hydrogen (secondary N) is 1. The molecule has 0 bridgehead atoms. The van der Waals surface area contributed by atoms with Gasteiger partial charge in [-0.3, -0.25) is 4.79 Å². The summed E-state index contributed by atoms with van der Waals surface area (Å²) in [5.74, 6) is -0.514. The van der Waals surface area contributed by atoms with Crippen LogP contribution in [0.5, 0.6) is 0 Å². The summed E-state index contributed by atoms with van der Waals surface area (Å²) in [6.45, 7) is 5.21. The quantitative estimate of drug-likeness (QED) is 0.728. The molecule has 1 N–H and O–H groups in total. The van der Waals surface area contributed by atoms with E-state index in [9.17, 15) is 9.18 Å². The Labute approximate surface area is 165 Å². The first-order valence-electron chi connectivity index (χ1n) is 8.95. The Morgan fingerprint density at radius 3 is 2.86 bits per heavy atom. The standard InChI is InChI=1S/C19H19FN6OS/c1-11-17(28-12(2)23-11)15-5-8-22-19(25-15)26-9-6-13(10-26)24-18(27)16-14(20)4-3-7-21-16/h3-5,7-8,13H,6,9-10H2,1-2H3,(H,24,27). The van der Waals surface area contributed by atoms with Gasteiger partial charge in [0.1, 0.15) is 0 Å². The molecule has 9 heteroatoms. The second-order valence-corrected chi connectivity index (χ2v) is 7.83. The minimum Gasteiger partial charge on any atom is -0.346 e. The number of aromatic nitrogens is 4. The van der Waals surface area contributed by atoms with E-state index in [4.69, 9.17) is 0 Å². The Hall–Kier alpha value is -2.94. The summed E-state index contributed by atoms with van der Waals surface area (Å²) < 4.78 is 13.7. The predicted molar refractivity (Wildman–Crippen MR) is 105 cm³/mol. The van der Waals surface area contributed by atoms with Crippen LogP contribution in [0, 0.1) is 19.7 Å². The summed E-state index contributed by atoms with van der Waals surface area (Å²) in [5.41, 5.74) is 1.61. The Bertz CT molecular complexity index is 1020. The van der Waals surface area contributed by atoms with Crippen molar-refractivity contribution in [1.82, 2.24) is 25.3 Å². The highest BCUT2D eigenvalue weighted by Crippen LogP contribution is 2.29. The Morgan fingerprint density at radius 1 is 1.25 bits per heavy atom. The number of hydrogen-bond donors (Lipinski definition) is 1. The summed E-state index contributed by atoms with van der Waals surface area (Å²) in [4.78, 5) is 32.7. The molecular formula is C19H19FN6OS. The first-order chi connectivity index (χ1) is 13.5. The van der Waals surface area contributed by atoms with Crippen LogP contribution in [-0.2, 0) is 0 Å². The number of nitrogens with zero attached hydrogens (tertiary/aromatic N) is 5. The molecule has 0 spiro atoms. The first kappa shape index (κ1) is 18.4. The minimum atomic E-state index is -0.624. The zero-order valence-corrected chi connectivity index (χ0v) is 16.3. The van der Waals surface area contributed by atoms with Crippen LogP contribution in [0.4, 0.5) is 10.3 Å². The number of carbonyl (C=O) groups excluding carboxylic acids is 1. The molecule has 0 saturated carbocycles. The van der Waals surface area contributed by atoms with Crippen molar-refractivity contribution >= 4 is 23.2 Å². The maximum absolute atomic E-state index is 13.7. The molecular weight excluding hydrogens is 379 g/mol. The highest BCUT2D eigenvalue weighted by molar-refractivity contribution is 7.15. The lowest BCUT2D eigenvalue weighted by molar-refractivity contribution is 0.0931. The van der Waals surface area contributed by atoms with E-state index in [1.54, 1.807) is 17.5 Å². The van der Waals surface area contributed by atoms with Gasteiger partial charge < -0.3 is 10.2 Å². The summed E-state index contributed by atoms with van der Waals surface area (Å²) in [6.07, 6.45) is 3.87. The van der Waals surface area contributed by atoms with Gasteiger partial charge >= 0.3 is 0 Å². The fraction of sp³-hybridized carbons (Fsp3) is 0.316.